The lowest BCUT2D eigenvalue weighted by atomic mass is 9.97. The average molecular weight is 295 g/mol. The Morgan fingerprint density at radius 2 is 1.86 bits per heavy atom. The summed E-state index contributed by atoms with van der Waals surface area (Å²) < 4.78 is 39.1. The molecule has 110 valence electrons. The molecular formula is C15H12F3NO2. The molecule has 0 bridgehead atoms. The van der Waals surface area contributed by atoms with E-state index >= 15 is 0 Å². The van der Waals surface area contributed by atoms with E-state index in [2.05, 4.69) is 5.32 Å². The first kappa shape index (κ1) is 14.9. The maximum absolute atomic E-state index is 13.0. The van der Waals surface area contributed by atoms with Crippen molar-refractivity contribution in [2.45, 2.75) is 6.18 Å². The van der Waals surface area contributed by atoms with Crippen LogP contribution in [0.25, 0.3) is 11.1 Å². The molecule has 1 amide bonds. The molecule has 0 spiro atoms. The van der Waals surface area contributed by atoms with E-state index in [1.54, 1.807) is 0 Å². The standard InChI is InChI=1S/C15H12F3NO2/c1-19-14(21)10-4-2-3-9(7-10)12-6-5-11(20)8-13(12)15(16,17)18/h2-8,20H,1H3,(H,19,21). The van der Waals surface area contributed by atoms with Gasteiger partial charge in [-0.1, -0.05) is 18.2 Å². The molecule has 2 N–H and O–H groups in total. The smallest absolute Gasteiger partial charge is 0.417 e. The highest BCUT2D eigenvalue weighted by Crippen LogP contribution is 2.39. The van der Waals surface area contributed by atoms with Gasteiger partial charge in [-0.3, -0.25) is 4.79 Å². The number of alkyl halides is 3. The van der Waals surface area contributed by atoms with Crippen molar-refractivity contribution >= 4 is 5.91 Å². The van der Waals surface area contributed by atoms with E-state index < -0.39 is 17.5 Å². The summed E-state index contributed by atoms with van der Waals surface area (Å²) in [5.41, 5.74) is -0.526. The number of carbonyl (C=O) groups excluding carboxylic acids is 1. The topological polar surface area (TPSA) is 49.3 Å². The number of nitrogens with one attached hydrogen (secondary N) is 1. The van der Waals surface area contributed by atoms with Crippen LogP contribution in [0.4, 0.5) is 13.2 Å². The first-order valence-corrected chi connectivity index (χ1v) is 6.05. The monoisotopic (exact) mass is 295 g/mol. The second-order valence-electron chi connectivity index (χ2n) is 4.39. The molecule has 0 fully saturated rings. The molecule has 2 aromatic rings. The van der Waals surface area contributed by atoms with Crippen molar-refractivity contribution in [3.8, 4) is 16.9 Å². The second kappa shape index (κ2) is 5.47. The third-order valence-corrected chi connectivity index (χ3v) is 2.97. The van der Waals surface area contributed by atoms with Crippen LogP contribution in [0.15, 0.2) is 42.5 Å². The van der Waals surface area contributed by atoms with Gasteiger partial charge < -0.3 is 10.4 Å². The van der Waals surface area contributed by atoms with Crippen LogP contribution < -0.4 is 5.32 Å². The van der Waals surface area contributed by atoms with E-state index in [0.29, 0.717) is 6.07 Å². The lowest BCUT2D eigenvalue weighted by Gasteiger charge is -2.14. The van der Waals surface area contributed by atoms with Crippen LogP contribution >= 0.6 is 0 Å². The summed E-state index contributed by atoms with van der Waals surface area (Å²) in [5.74, 6) is -0.849. The van der Waals surface area contributed by atoms with Gasteiger partial charge in [-0.25, -0.2) is 0 Å². The van der Waals surface area contributed by atoms with Crippen molar-refractivity contribution in [1.29, 1.82) is 0 Å². The molecule has 0 unspecified atom stereocenters. The summed E-state index contributed by atoms with van der Waals surface area (Å²) in [6, 6.07) is 8.90. The van der Waals surface area contributed by atoms with Crippen LogP contribution in [-0.2, 0) is 6.18 Å². The van der Waals surface area contributed by atoms with Gasteiger partial charge in [0.25, 0.3) is 5.91 Å². The van der Waals surface area contributed by atoms with Gasteiger partial charge >= 0.3 is 6.18 Å². The molecule has 2 rings (SSSR count). The van der Waals surface area contributed by atoms with Gasteiger partial charge in [-0.2, -0.15) is 13.2 Å². The SMILES string of the molecule is CNC(=O)c1cccc(-c2ccc(O)cc2C(F)(F)F)c1. The molecule has 21 heavy (non-hydrogen) atoms. The number of hydrogen-bond acceptors (Lipinski definition) is 2. The Labute approximate surface area is 119 Å². The van der Waals surface area contributed by atoms with Crippen LogP contribution in [0, 0.1) is 0 Å². The highest BCUT2D eigenvalue weighted by molar-refractivity contribution is 5.95. The third-order valence-electron chi connectivity index (χ3n) is 2.97. The largest absolute Gasteiger partial charge is 0.508 e. The molecule has 0 aliphatic rings. The highest BCUT2D eigenvalue weighted by Gasteiger charge is 2.34. The zero-order valence-electron chi connectivity index (χ0n) is 11.0. The summed E-state index contributed by atoms with van der Waals surface area (Å²) in [7, 11) is 1.44. The summed E-state index contributed by atoms with van der Waals surface area (Å²) in [6.45, 7) is 0. The number of carbonyl (C=O) groups is 1. The van der Waals surface area contributed by atoms with E-state index in [1.807, 2.05) is 0 Å². The molecule has 0 aliphatic heterocycles. The number of phenols is 1. The Balaban J connectivity index is 2.60. The summed E-state index contributed by atoms with van der Waals surface area (Å²) >= 11 is 0. The first-order chi connectivity index (χ1) is 9.82. The molecule has 0 heterocycles. The highest BCUT2D eigenvalue weighted by atomic mass is 19.4. The molecule has 6 heteroatoms. The number of amides is 1. The fraction of sp³-hybridized carbons (Fsp3) is 0.133. The number of rotatable bonds is 2. The Kier molecular flexibility index (Phi) is 3.88. The molecule has 0 aromatic heterocycles. The van der Waals surface area contributed by atoms with E-state index in [4.69, 9.17) is 0 Å². The number of halogens is 3. The average Bonchev–Trinajstić information content (AvgIpc) is 2.45. The quantitative estimate of drug-likeness (QED) is 0.891. The fourth-order valence-electron chi connectivity index (χ4n) is 1.99. The Morgan fingerprint density at radius 1 is 1.14 bits per heavy atom. The van der Waals surface area contributed by atoms with E-state index in [0.717, 1.165) is 0 Å². The molecule has 0 aliphatic carbocycles. The Hall–Kier alpha value is -2.50. The van der Waals surface area contributed by atoms with E-state index in [-0.39, 0.29) is 22.6 Å². The van der Waals surface area contributed by atoms with Gasteiger partial charge in [-0.05, 0) is 35.4 Å². The Morgan fingerprint density at radius 3 is 2.48 bits per heavy atom. The summed E-state index contributed by atoms with van der Waals surface area (Å²) in [5, 5.41) is 11.7. The van der Waals surface area contributed by atoms with Gasteiger partial charge in [0.1, 0.15) is 5.75 Å². The lowest BCUT2D eigenvalue weighted by molar-refractivity contribution is -0.137. The number of hydrogen-bond donors (Lipinski definition) is 2. The maximum Gasteiger partial charge on any atom is 0.417 e. The van der Waals surface area contributed by atoms with Crippen LogP contribution in [0.5, 0.6) is 5.75 Å². The molecule has 0 saturated carbocycles. The maximum atomic E-state index is 13.0. The third kappa shape index (κ3) is 3.16. The van der Waals surface area contributed by atoms with Crippen LogP contribution in [-0.4, -0.2) is 18.1 Å². The van der Waals surface area contributed by atoms with Crippen molar-refractivity contribution in [3.63, 3.8) is 0 Å². The van der Waals surface area contributed by atoms with Crippen LogP contribution in [0.1, 0.15) is 15.9 Å². The van der Waals surface area contributed by atoms with Gasteiger partial charge in [0, 0.05) is 12.6 Å². The number of phenolic OH excluding ortho intramolecular Hbond substituents is 1. The van der Waals surface area contributed by atoms with Gasteiger partial charge in [0.15, 0.2) is 0 Å². The molecule has 0 radical (unpaired) electrons. The predicted octanol–water partition coefficient (Wildman–Crippen LogP) is 3.44. The zero-order valence-corrected chi connectivity index (χ0v) is 11.0. The molecule has 0 saturated heterocycles. The van der Waals surface area contributed by atoms with Gasteiger partial charge in [0.2, 0.25) is 0 Å². The lowest BCUT2D eigenvalue weighted by Crippen LogP contribution is -2.17. The van der Waals surface area contributed by atoms with Crippen molar-refractivity contribution in [2.24, 2.45) is 0 Å². The normalized spacial score (nSPS) is 11.2. The number of aromatic hydroxyl groups is 1. The predicted molar refractivity (Wildman–Crippen MR) is 71.9 cm³/mol. The molecule has 0 atom stereocenters. The molecule has 2 aromatic carbocycles. The minimum atomic E-state index is -4.60. The van der Waals surface area contributed by atoms with Crippen molar-refractivity contribution in [3.05, 3.63) is 53.6 Å². The minimum Gasteiger partial charge on any atom is -0.508 e. The number of benzene rings is 2. The van der Waals surface area contributed by atoms with Crippen molar-refractivity contribution in [2.75, 3.05) is 7.05 Å². The first-order valence-electron chi connectivity index (χ1n) is 6.05. The summed E-state index contributed by atoms with van der Waals surface area (Å²) in [6.07, 6.45) is -4.60. The van der Waals surface area contributed by atoms with Gasteiger partial charge in [-0.15, -0.1) is 0 Å². The van der Waals surface area contributed by atoms with Crippen molar-refractivity contribution in [1.82, 2.24) is 5.32 Å². The molecular weight excluding hydrogens is 283 g/mol. The van der Waals surface area contributed by atoms with Crippen LogP contribution in [0.2, 0.25) is 0 Å². The van der Waals surface area contributed by atoms with E-state index in [1.165, 1.54) is 43.4 Å². The minimum absolute atomic E-state index is 0.0916. The summed E-state index contributed by atoms with van der Waals surface area (Å²) in [4.78, 5) is 11.6. The Bertz CT molecular complexity index is 681. The second-order valence-corrected chi connectivity index (χ2v) is 4.39. The molecule has 3 nitrogen and oxygen atoms in total. The fourth-order valence-corrected chi connectivity index (χ4v) is 1.99. The van der Waals surface area contributed by atoms with E-state index in [9.17, 15) is 23.1 Å². The van der Waals surface area contributed by atoms with Crippen molar-refractivity contribution < 1.29 is 23.1 Å². The zero-order chi connectivity index (χ0) is 15.6. The van der Waals surface area contributed by atoms with Gasteiger partial charge in [0.05, 0.1) is 5.56 Å². The van der Waals surface area contributed by atoms with Crippen LogP contribution in [0.3, 0.4) is 0 Å².